The molecule has 9 heteroatoms. The van der Waals surface area contributed by atoms with Crippen molar-refractivity contribution in [3.63, 3.8) is 0 Å². The molecule has 0 bridgehead atoms. The van der Waals surface area contributed by atoms with Crippen LogP contribution in [0.4, 0.5) is 0 Å². The number of carbonyl (C=O) groups is 1. The van der Waals surface area contributed by atoms with Gasteiger partial charge in [-0.05, 0) is 30.7 Å². The lowest BCUT2D eigenvalue weighted by atomic mass is 10.1. The molecule has 5 aromatic rings. The van der Waals surface area contributed by atoms with Gasteiger partial charge in [-0.2, -0.15) is 0 Å². The molecular weight excluding hydrogens is 494 g/mol. The van der Waals surface area contributed by atoms with E-state index in [0.29, 0.717) is 21.8 Å². The van der Waals surface area contributed by atoms with Crippen molar-refractivity contribution in [1.29, 1.82) is 0 Å². The zero-order valence-electron chi connectivity index (χ0n) is 16.8. The number of carboxylic acids is 1. The second-order valence-electron chi connectivity index (χ2n) is 7.47. The SMILES string of the molecule is Cc1ccc2c(c1)c(-n1c(=O)[nH]c3cscc3c1=O)c(C(=O)O)n2Cc1ccccc1Br. The van der Waals surface area contributed by atoms with Crippen LogP contribution in [0, 0.1) is 6.92 Å². The number of H-pyrrole nitrogens is 1. The number of aromatic nitrogens is 3. The van der Waals surface area contributed by atoms with Gasteiger partial charge in [0.15, 0.2) is 5.69 Å². The molecule has 0 atom stereocenters. The van der Waals surface area contributed by atoms with Gasteiger partial charge < -0.3 is 14.7 Å². The van der Waals surface area contributed by atoms with Gasteiger partial charge in [0.05, 0.1) is 22.1 Å². The quantitative estimate of drug-likeness (QED) is 0.372. The molecule has 0 radical (unpaired) electrons. The van der Waals surface area contributed by atoms with Crippen LogP contribution < -0.4 is 11.2 Å². The first-order chi connectivity index (χ1) is 15.4. The maximum atomic E-state index is 13.3. The van der Waals surface area contributed by atoms with Crippen LogP contribution in [-0.4, -0.2) is 25.2 Å². The molecule has 0 aliphatic rings. The highest BCUT2D eigenvalue weighted by atomic mass is 79.9. The third-order valence-corrected chi connectivity index (χ3v) is 6.96. The lowest BCUT2D eigenvalue weighted by molar-refractivity contribution is 0.0686. The van der Waals surface area contributed by atoms with Gasteiger partial charge in [0.1, 0.15) is 0 Å². The summed E-state index contributed by atoms with van der Waals surface area (Å²) in [4.78, 5) is 41.5. The molecule has 0 saturated heterocycles. The van der Waals surface area contributed by atoms with Crippen molar-refractivity contribution < 1.29 is 9.90 Å². The highest BCUT2D eigenvalue weighted by Crippen LogP contribution is 2.31. The fourth-order valence-electron chi connectivity index (χ4n) is 4.00. The van der Waals surface area contributed by atoms with Crippen LogP contribution in [0.3, 0.4) is 0 Å². The van der Waals surface area contributed by atoms with Gasteiger partial charge in [-0.25, -0.2) is 14.2 Å². The third kappa shape index (κ3) is 3.12. The fraction of sp³-hybridized carbons (Fsp3) is 0.0870. The number of carboxylic acid groups (broad SMARTS) is 1. The van der Waals surface area contributed by atoms with E-state index in [1.54, 1.807) is 21.4 Å². The molecule has 3 heterocycles. The van der Waals surface area contributed by atoms with Crippen LogP contribution in [-0.2, 0) is 6.54 Å². The molecular formula is C23H16BrN3O4S. The maximum absolute atomic E-state index is 13.3. The Hall–Kier alpha value is -3.43. The molecule has 2 aromatic carbocycles. The zero-order valence-corrected chi connectivity index (χ0v) is 19.2. The van der Waals surface area contributed by atoms with Gasteiger partial charge in [-0.1, -0.05) is 45.8 Å². The number of hydrogen-bond donors (Lipinski definition) is 2. The molecule has 160 valence electrons. The van der Waals surface area contributed by atoms with Gasteiger partial charge in [-0.15, -0.1) is 11.3 Å². The van der Waals surface area contributed by atoms with Crippen LogP contribution in [0.15, 0.2) is 67.3 Å². The number of aromatic amines is 1. The molecule has 0 fully saturated rings. The molecule has 32 heavy (non-hydrogen) atoms. The minimum Gasteiger partial charge on any atom is -0.477 e. The van der Waals surface area contributed by atoms with Gasteiger partial charge in [0.2, 0.25) is 0 Å². The maximum Gasteiger partial charge on any atom is 0.354 e. The zero-order chi connectivity index (χ0) is 22.6. The highest BCUT2D eigenvalue weighted by molar-refractivity contribution is 9.10. The molecule has 2 N–H and O–H groups in total. The number of hydrogen-bond acceptors (Lipinski definition) is 4. The average Bonchev–Trinajstić information content (AvgIpc) is 3.33. The molecule has 0 amide bonds. The third-order valence-electron chi connectivity index (χ3n) is 5.44. The Morgan fingerprint density at radius 1 is 1.12 bits per heavy atom. The number of rotatable bonds is 4. The monoisotopic (exact) mass is 509 g/mol. The minimum atomic E-state index is -1.22. The van der Waals surface area contributed by atoms with Crippen LogP contribution in [0.25, 0.3) is 27.5 Å². The lowest BCUT2D eigenvalue weighted by Gasteiger charge is -2.11. The van der Waals surface area contributed by atoms with Crippen molar-refractivity contribution in [1.82, 2.24) is 14.1 Å². The topological polar surface area (TPSA) is 97.1 Å². The molecule has 0 saturated carbocycles. The Labute approximate surface area is 193 Å². The summed E-state index contributed by atoms with van der Waals surface area (Å²) in [7, 11) is 0. The summed E-state index contributed by atoms with van der Waals surface area (Å²) in [5, 5.41) is 14.4. The Balaban J connectivity index is 1.92. The van der Waals surface area contributed by atoms with Crippen LogP contribution in [0.1, 0.15) is 21.6 Å². The Kier molecular flexibility index (Phi) is 4.87. The van der Waals surface area contributed by atoms with E-state index in [1.165, 1.54) is 11.3 Å². The summed E-state index contributed by atoms with van der Waals surface area (Å²) >= 11 is 4.81. The van der Waals surface area contributed by atoms with E-state index < -0.39 is 17.2 Å². The Morgan fingerprint density at radius 2 is 1.91 bits per heavy atom. The van der Waals surface area contributed by atoms with E-state index in [4.69, 9.17) is 0 Å². The highest BCUT2D eigenvalue weighted by Gasteiger charge is 2.27. The fourth-order valence-corrected chi connectivity index (χ4v) is 5.17. The van der Waals surface area contributed by atoms with Crippen molar-refractivity contribution >= 4 is 55.0 Å². The second kappa shape index (κ2) is 7.61. The first-order valence-corrected chi connectivity index (χ1v) is 11.4. The van der Waals surface area contributed by atoms with Crippen molar-refractivity contribution in [3.05, 3.63) is 95.4 Å². The van der Waals surface area contributed by atoms with Crippen molar-refractivity contribution in [3.8, 4) is 5.69 Å². The van der Waals surface area contributed by atoms with E-state index in [0.717, 1.165) is 20.2 Å². The number of aryl methyl sites for hydroxylation is 1. The van der Waals surface area contributed by atoms with E-state index in [9.17, 15) is 19.5 Å². The molecule has 0 unspecified atom stereocenters. The van der Waals surface area contributed by atoms with Crippen LogP contribution >= 0.6 is 27.3 Å². The number of nitrogens with zero attached hydrogens (tertiary/aromatic N) is 2. The van der Waals surface area contributed by atoms with Crippen LogP contribution in [0.5, 0.6) is 0 Å². The molecule has 0 aliphatic carbocycles. The number of aromatic carboxylic acids is 1. The van der Waals surface area contributed by atoms with E-state index in [-0.39, 0.29) is 17.9 Å². The molecule has 3 aromatic heterocycles. The Morgan fingerprint density at radius 3 is 2.66 bits per heavy atom. The van der Waals surface area contributed by atoms with E-state index >= 15 is 0 Å². The lowest BCUT2D eigenvalue weighted by Crippen LogP contribution is -2.34. The summed E-state index contributed by atoms with van der Waals surface area (Å²) in [6, 6.07) is 13.0. The molecule has 5 rings (SSSR count). The van der Waals surface area contributed by atoms with Gasteiger partial charge in [0.25, 0.3) is 5.56 Å². The van der Waals surface area contributed by atoms with Crippen molar-refractivity contribution in [2.45, 2.75) is 13.5 Å². The van der Waals surface area contributed by atoms with E-state index in [1.807, 2.05) is 43.3 Å². The largest absolute Gasteiger partial charge is 0.477 e. The minimum absolute atomic E-state index is 0.0719. The number of nitrogens with one attached hydrogen (secondary N) is 1. The number of benzene rings is 2. The summed E-state index contributed by atoms with van der Waals surface area (Å²) in [5.74, 6) is -1.22. The predicted octanol–water partition coefficient (Wildman–Crippen LogP) is 4.51. The van der Waals surface area contributed by atoms with Crippen molar-refractivity contribution in [2.75, 3.05) is 0 Å². The van der Waals surface area contributed by atoms with Gasteiger partial charge in [-0.3, -0.25) is 4.79 Å². The number of halogens is 1. The standard InChI is InChI=1S/C23H16BrN3O4S/c1-12-6-7-18-14(8-12)19(27-21(28)15-10-32-11-17(15)25-23(27)31)20(22(29)30)26(18)9-13-4-2-3-5-16(13)24/h2-8,10-11H,9H2,1H3,(H,25,31)(H,29,30). The molecule has 7 nitrogen and oxygen atoms in total. The Bertz CT molecular complexity index is 1660. The first-order valence-electron chi connectivity index (χ1n) is 9.68. The molecule has 0 aliphatic heterocycles. The smallest absolute Gasteiger partial charge is 0.354 e. The second-order valence-corrected chi connectivity index (χ2v) is 9.07. The first kappa shape index (κ1) is 20.5. The number of thiophene rings is 1. The molecule has 0 spiro atoms. The summed E-state index contributed by atoms with van der Waals surface area (Å²) in [5.41, 5.74) is 1.54. The summed E-state index contributed by atoms with van der Waals surface area (Å²) in [6.45, 7) is 2.12. The summed E-state index contributed by atoms with van der Waals surface area (Å²) < 4.78 is 3.41. The van der Waals surface area contributed by atoms with Gasteiger partial charge in [0, 0.05) is 27.2 Å². The van der Waals surface area contributed by atoms with Crippen molar-refractivity contribution in [2.24, 2.45) is 0 Å². The normalized spacial score (nSPS) is 11.4. The average molecular weight is 510 g/mol. The number of fused-ring (bicyclic) bond motifs is 2. The van der Waals surface area contributed by atoms with Gasteiger partial charge >= 0.3 is 11.7 Å². The summed E-state index contributed by atoms with van der Waals surface area (Å²) in [6.07, 6.45) is 0. The van der Waals surface area contributed by atoms with Crippen LogP contribution in [0.2, 0.25) is 0 Å². The predicted molar refractivity (Wildman–Crippen MR) is 128 cm³/mol. The van der Waals surface area contributed by atoms with E-state index in [2.05, 4.69) is 20.9 Å².